The van der Waals surface area contributed by atoms with Crippen LogP contribution in [0.3, 0.4) is 0 Å². The lowest BCUT2D eigenvalue weighted by atomic mass is 9.78. The van der Waals surface area contributed by atoms with Crippen molar-refractivity contribution in [1.29, 1.82) is 0 Å². The molecule has 0 aliphatic heterocycles. The quantitative estimate of drug-likeness (QED) is 0.642. The second-order valence-corrected chi connectivity index (χ2v) is 5.08. The van der Waals surface area contributed by atoms with Crippen molar-refractivity contribution in [2.75, 3.05) is 0 Å². The largest absolute Gasteiger partial charge is 0.103 e. The highest BCUT2D eigenvalue weighted by Gasteiger charge is 2.20. The smallest absolute Gasteiger partial charge is 0.0100 e. The molecule has 1 aliphatic rings. The van der Waals surface area contributed by atoms with E-state index in [0.29, 0.717) is 0 Å². The summed E-state index contributed by atoms with van der Waals surface area (Å²) < 4.78 is 0. The third-order valence-corrected chi connectivity index (χ3v) is 3.94. The molecule has 0 bridgehead atoms. The molecular weight excluding hydrogens is 204 g/mol. The van der Waals surface area contributed by atoms with Gasteiger partial charge in [0.1, 0.15) is 0 Å². The molecule has 0 spiro atoms. The van der Waals surface area contributed by atoms with Crippen LogP contribution in [0, 0.1) is 5.92 Å². The highest BCUT2D eigenvalue weighted by Crippen LogP contribution is 2.36. The van der Waals surface area contributed by atoms with Gasteiger partial charge >= 0.3 is 0 Å². The first-order valence-electron chi connectivity index (χ1n) is 6.65. The maximum Gasteiger partial charge on any atom is -0.0100 e. The highest BCUT2D eigenvalue weighted by atomic mass is 14.2. The molecule has 0 radical (unpaired) electrons. The van der Waals surface area contributed by atoms with E-state index in [-0.39, 0.29) is 0 Å². The molecule has 90 valence electrons. The average Bonchev–Trinajstić information content (AvgIpc) is 2.40. The molecule has 0 N–H and O–H groups in total. The molecule has 1 aromatic rings. The van der Waals surface area contributed by atoms with Gasteiger partial charge in [0.15, 0.2) is 0 Å². The van der Waals surface area contributed by atoms with E-state index < -0.39 is 0 Å². The van der Waals surface area contributed by atoms with Gasteiger partial charge in [-0.25, -0.2) is 0 Å². The normalized spacial score (nSPS) is 24.2. The molecule has 1 aromatic carbocycles. The summed E-state index contributed by atoms with van der Waals surface area (Å²) >= 11 is 0. The minimum Gasteiger partial charge on any atom is -0.103 e. The maximum absolute atomic E-state index is 3.90. The summed E-state index contributed by atoms with van der Waals surface area (Å²) in [6.07, 6.45) is 10.3. The number of rotatable bonds is 4. The van der Waals surface area contributed by atoms with Crippen molar-refractivity contribution in [2.24, 2.45) is 5.92 Å². The van der Waals surface area contributed by atoms with Gasteiger partial charge in [0.2, 0.25) is 0 Å². The van der Waals surface area contributed by atoms with Crippen LogP contribution in [-0.2, 0) is 6.42 Å². The lowest BCUT2D eigenvalue weighted by Gasteiger charge is -2.27. The molecule has 1 fully saturated rings. The average molecular weight is 226 g/mol. The molecule has 0 nitrogen and oxygen atoms in total. The summed E-state index contributed by atoms with van der Waals surface area (Å²) in [6.45, 7) is 7.68. The molecule has 0 aromatic heterocycles. The fourth-order valence-electron chi connectivity index (χ4n) is 2.78. The van der Waals surface area contributed by atoms with Gasteiger partial charge in [0, 0.05) is 0 Å². The van der Waals surface area contributed by atoms with Crippen molar-refractivity contribution < 1.29 is 0 Å². The van der Waals surface area contributed by atoms with E-state index in [1.54, 1.807) is 0 Å². The summed E-state index contributed by atoms with van der Waals surface area (Å²) in [5.41, 5.74) is 2.88. The second-order valence-electron chi connectivity index (χ2n) is 5.08. The zero-order chi connectivity index (χ0) is 12.1. The number of hydrogen-bond acceptors (Lipinski definition) is 0. The molecule has 0 atom stereocenters. The summed E-state index contributed by atoms with van der Waals surface area (Å²) in [6, 6.07) is 9.10. The molecule has 2 rings (SSSR count). The van der Waals surface area contributed by atoms with E-state index in [0.717, 1.165) is 18.3 Å². The molecule has 1 saturated carbocycles. The minimum absolute atomic E-state index is 0.756. The Morgan fingerprint density at radius 1 is 1.00 bits per heavy atom. The minimum atomic E-state index is 0.756. The molecule has 0 amide bonds. The maximum atomic E-state index is 3.90. The van der Waals surface area contributed by atoms with Crippen LogP contribution in [0.5, 0.6) is 0 Å². The summed E-state index contributed by atoms with van der Waals surface area (Å²) in [5.74, 6) is 1.52. The number of hydrogen-bond donors (Lipinski definition) is 0. The van der Waals surface area contributed by atoms with Crippen molar-refractivity contribution >= 4 is 0 Å². The topological polar surface area (TPSA) is 0 Å². The summed E-state index contributed by atoms with van der Waals surface area (Å²) in [4.78, 5) is 0. The van der Waals surface area contributed by atoms with Crippen molar-refractivity contribution in [2.45, 2.75) is 38.0 Å². The standard InChI is InChI=1S/C17H22/c1-3-5-15-8-12-17(13-9-15)16-10-6-14(4-2)7-11-16/h3-4,8-9,12-14,16H,1-2,5-7,10-11H2. The Balaban J connectivity index is 1.98. The summed E-state index contributed by atoms with van der Waals surface area (Å²) in [5, 5.41) is 0. The first-order valence-corrected chi connectivity index (χ1v) is 6.65. The zero-order valence-electron chi connectivity index (χ0n) is 10.6. The fraction of sp³-hybridized carbons (Fsp3) is 0.412. The third-order valence-electron chi connectivity index (χ3n) is 3.94. The van der Waals surface area contributed by atoms with Crippen molar-refractivity contribution in [3.05, 3.63) is 60.7 Å². The van der Waals surface area contributed by atoms with Gasteiger partial charge in [0.05, 0.1) is 0 Å². The highest BCUT2D eigenvalue weighted by molar-refractivity contribution is 5.27. The van der Waals surface area contributed by atoms with E-state index in [1.165, 1.54) is 36.8 Å². The third kappa shape index (κ3) is 3.09. The SMILES string of the molecule is C=CCc1ccc(C2CCC(C=C)CC2)cc1. The van der Waals surface area contributed by atoms with E-state index in [1.807, 2.05) is 6.08 Å². The predicted molar refractivity (Wildman–Crippen MR) is 75.2 cm³/mol. The van der Waals surface area contributed by atoms with Gasteiger partial charge < -0.3 is 0 Å². The van der Waals surface area contributed by atoms with Crippen LogP contribution in [0.4, 0.5) is 0 Å². The molecule has 17 heavy (non-hydrogen) atoms. The second kappa shape index (κ2) is 5.86. The zero-order valence-corrected chi connectivity index (χ0v) is 10.6. The molecular formula is C17H22. The van der Waals surface area contributed by atoms with Crippen LogP contribution in [0.1, 0.15) is 42.7 Å². The fourth-order valence-corrected chi connectivity index (χ4v) is 2.78. The molecule has 0 saturated heterocycles. The van der Waals surface area contributed by atoms with Crippen molar-refractivity contribution in [1.82, 2.24) is 0 Å². The van der Waals surface area contributed by atoms with E-state index >= 15 is 0 Å². The van der Waals surface area contributed by atoms with Gasteiger partial charge in [-0.2, -0.15) is 0 Å². The Kier molecular flexibility index (Phi) is 4.19. The van der Waals surface area contributed by atoms with Gasteiger partial charge in [-0.3, -0.25) is 0 Å². The first kappa shape index (κ1) is 12.2. The molecule has 0 heterocycles. The van der Waals surface area contributed by atoms with Gasteiger partial charge in [-0.1, -0.05) is 36.4 Å². The number of allylic oxidation sites excluding steroid dienone is 2. The van der Waals surface area contributed by atoms with Gasteiger partial charge in [-0.15, -0.1) is 13.2 Å². The van der Waals surface area contributed by atoms with E-state index in [4.69, 9.17) is 0 Å². The van der Waals surface area contributed by atoms with E-state index in [2.05, 4.69) is 43.5 Å². The Morgan fingerprint density at radius 3 is 2.18 bits per heavy atom. The van der Waals surface area contributed by atoms with Crippen LogP contribution >= 0.6 is 0 Å². The molecule has 1 aliphatic carbocycles. The van der Waals surface area contributed by atoms with Crippen molar-refractivity contribution in [3.63, 3.8) is 0 Å². The molecule has 0 unspecified atom stereocenters. The monoisotopic (exact) mass is 226 g/mol. The van der Waals surface area contributed by atoms with E-state index in [9.17, 15) is 0 Å². The van der Waals surface area contributed by atoms with Gasteiger partial charge in [0.25, 0.3) is 0 Å². The predicted octanol–water partition coefficient (Wildman–Crippen LogP) is 4.87. The Hall–Kier alpha value is -1.30. The van der Waals surface area contributed by atoms with Crippen LogP contribution in [0.2, 0.25) is 0 Å². The Labute approximate surface area is 105 Å². The van der Waals surface area contributed by atoms with Gasteiger partial charge in [-0.05, 0) is 55.1 Å². The van der Waals surface area contributed by atoms with Crippen LogP contribution in [0.25, 0.3) is 0 Å². The lowest BCUT2D eigenvalue weighted by molar-refractivity contribution is 0.376. The lowest BCUT2D eigenvalue weighted by Crippen LogP contribution is -2.11. The first-order chi connectivity index (χ1) is 8.33. The number of benzene rings is 1. The molecule has 0 heteroatoms. The summed E-state index contributed by atoms with van der Waals surface area (Å²) in [7, 11) is 0. The Morgan fingerprint density at radius 2 is 1.65 bits per heavy atom. The van der Waals surface area contributed by atoms with Crippen molar-refractivity contribution in [3.8, 4) is 0 Å². The van der Waals surface area contributed by atoms with Crippen LogP contribution in [0.15, 0.2) is 49.6 Å². The Bertz CT molecular complexity index is 364. The van der Waals surface area contributed by atoms with Crippen LogP contribution < -0.4 is 0 Å². The van der Waals surface area contributed by atoms with Crippen LogP contribution in [-0.4, -0.2) is 0 Å².